The molecule has 0 bridgehead atoms. The highest BCUT2D eigenvalue weighted by atomic mass is 19.2. The number of carbonyl (C=O) groups is 1. The van der Waals surface area contributed by atoms with Crippen LogP contribution >= 0.6 is 0 Å². The Bertz CT molecular complexity index is 848. The first-order valence-corrected chi connectivity index (χ1v) is 7.26. The summed E-state index contributed by atoms with van der Waals surface area (Å²) >= 11 is 0. The van der Waals surface area contributed by atoms with Crippen LogP contribution in [0.25, 0.3) is 0 Å². The van der Waals surface area contributed by atoms with Crippen LogP contribution in [-0.4, -0.2) is 26.1 Å². The van der Waals surface area contributed by atoms with E-state index in [1.54, 1.807) is 0 Å². The molecule has 9 heteroatoms. The zero-order valence-electron chi connectivity index (χ0n) is 12.7. The predicted octanol–water partition coefficient (Wildman–Crippen LogP) is 2.51. The lowest BCUT2D eigenvalue weighted by atomic mass is 10.1. The second kappa shape index (κ2) is 7.12. The first kappa shape index (κ1) is 16.6. The van der Waals surface area contributed by atoms with Crippen molar-refractivity contribution in [3.05, 3.63) is 71.8 Å². The molecule has 2 aromatic carbocycles. The summed E-state index contributed by atoms with van der Waals surface area (Å²) in [7, 11) is 0. The van der Waals surface area contributed by atoms with Gasteiger partial charge in [0.05, 0.1) is 0 Å². The Morgan fingerprint density at radius 2 is 1.80 bits per heavy atom. The Labute approximate surface area is 140 Å². The van der Waals surface area contributed by atoms with Gasteiger partial charge in [0.25, 0.3) is 0 Å². The molecule has 25 heavy (non-hydrogen) atoms. The molecule has 6 nitrogen and oxygen atoms in total. The molecule has 3 aromatic rings. The van der Waals surface area contributed by atoms with Crippen LogP contribution in [0.15, 0.2) is 48.8 Å². The number of nitrogens with zero attached hydrogens (tertiary/aromatic N) is 4. The van der Waals surface area contributed by atoms with Gasteiger partial charge in [-0.1, -0.05) is 30.3 Å². The topological polar surface area (TPSA) is 72.7 Å². The first-order chi connectivity index (χ1) is 12.0. The van der Waals surface area contributed by atoms with Crippen LogP contribution in [0.4, 0.5) is 18.9 Å². The van der Waals surface area contributed by atoms with E-state index < -0.39 is 29.4 Å². The second-order valence-corrected chi connectivity index (χ2v) is 5.24. The smallest absolute Gasteiger partial charge is 0.249 e. The molecule has 0 radical (unpaired) electrons. The van der Waals surface area contributed by atoms with Gasteiger partial charge in [-0.3, -0.25) is 4.79 Å². The molecular formula is C16H12F3N5O. The van der Waals surface area contributed by atoms with Crippen molar-refractivity contribution in [1.29, 1.82) is 0 Å². The molecule has 0 saturated carbocycles. The minimum absolute atomic E-state index is 0.201. The molecule has 1 aromatic heterocycles. The molecule has 0 spiro atoms. The van der Waals surface area contributed by atoms with Gasteiger partial charge in [0.15, 0.2) is 17.5 Å². The van der Waals surface area contributed by atoms with E-state index in [-0.39, 0.29) is 12.1 Å². The highest BCUT2D eigenvalue weighted by molar-refractivity contribution is 5.93. The molecule has 1 atom stereocenters. The number of nitrogens with one attached hydrogen (secondary N) is 1. The van der Waals surface area contributed by atoms with Crippen LogP contribution in [0, 0.1) is 17.5 Å². The molecule has 3 rings (SSSR count). The van der Waals surface area contributed by atoms with E-state index in [4.69, 9.17) is 0 Å². The number of hydrogen-bond donors (Lipinski definition) is 1. The molecule has 0 fully saturated rings. The van der Waals surface area contributed by atoms with E-state index in [2.05, 4.69) is 20.8 Å². The van der Waals surface area contributed by atoms with Gasteiger partial charge in [-0.2, -0.15) is 0 Å². The van der Waals surface area contributed by atoms with Crippen molar-refractivity contribution in [2.24, 2.45) is 0 Å². The summed E-state index contributed by atoms with van der Waals surface area (Å²) in [6.45, 7) is 0. The van der Waals surface area contributed by atoms with Crippen molar-refractivity contribution in [3.8, 4) is 0 Å². The highest BCUT2D eigenvalue weighted by Crippen LogP contribution is 2.20. The lowest BCUT2D eigenvalue weighted by molar-refractivity contribution is -0.119. The summed E-state index contributed by atoms with van der Waals surface area (Å²) in [5.74, 6) is -4.98. The van der Waals surface area contributed by atoms with Crippen molar-refractivity contribution in [1.82, 2.24) is 20.2 Å². The van der Waals surface area contributed by atoms with E-state index >= 15 is 0 Å². The third kappa shape index (κ3) is 3.82. The van der Waals surface area contributed by atoms with Crippen LogP contribution in [0.3, 0.4) is 0 Å². The van der Waals surface area contributed by atoms with Gasteiger partial charge < -0.3 is 5.32 Å². The van der Waals surface area contributed by atoms with E-state index in [0.29, 0.717) is 12.1 Å². The van der Waals surface area contributed by atoms with E-state index in [0.717, 1.165) is 5.56 Å². The normalized spacial score (nSPS) is 12.0. The molecule has 1 unspecified atom stereocenters. The standard InChI is InChI=1S/C16H12F3N5O/c17-12-7-11(8-13(18)15(12)19)21-16(25)14(24-9-20-22-23-24)6-10-4-2-1-3-5-10/h1-5,7-9,14H,6H2,(H,21,25). The Balaban J connectivity index is 1.85. The maximum absolute atomic E-state index is 13.3. The number of aromatic nitrogens is 4. The van der Waals surface area contributed by atoms with Crippen LogP contribution in [-0.2, 0) is 11.2 Å². The average molecular weight is 347 g/mol. The lowest BCUT2D eigenvalue weighted by Crippen LogP contribution is -2.28. The van der Waals surface area contributed by atoms with Gasteiger partial charge in [-0.05, 0) is 16.0 Å². The summed E-state index contributed by atoms with van der Waals surface area (Å²) < 4.78 is 40.9. The molecule has 1 heterocycles. The first-order valence-electron chi connectivity index (χ1n) is 7.26. The van der Waals surface area contributed by atoms with Crippen molar-refractivity contribution >= 4 is 11.6 Å². The van der Waals surface area contributed by atoms with Crippen molar-refractivity contribution in [2.45, 2.75) is 12.5 Å². The number of anilines is 1. The molecule has 0 aliphatic heterocycles. The highest BCUT2D eigenvalue weighted by Gasteiger charge is 2.23. The average Bonchev–Trinajstić information content (AvgIpc) is 3.12. The fourth-order valence-corrected chi connectivity index (χ4v) is 2.31. The molecule has 1 N–H and O–H groups in total. The Morgan fingerprint density at radius 3 is 2.40 bits per heavy atom. The number of halogens is 3. The van der Waals surface area contributed by atoms with Crippen molar-refractivity contribution in [2.75, 3.05) is 5.32 Å². The van der Waals surface area contributed by atoms with Gasteiger partial charge in [0.1, 0.15) is 12.4 Å². The van der Waals surface area contributed by atoms with Crippen molar-refractivity contribution in [3.63, 3.8) is 0 Å². The number of amides is 1. The van der Waals surface area contributed by atoms with Gasteiger partial charge in [-0.25, -0.2) is 17.9 Å². The van der Waals surface area contributed by atoms with Gasteiger partial charge in [-0.15, -0.1) is 5.10 Å². The number of benzene rings is 2. The fraction of sp³-hybridized carbons (Fsp3) is 0.125. The van der Waals surface area contributed by atoms with Gasteiger partial charge in [0.2, 0.25) is 5.91 Å². The number of rotatable bonds is 5. The predicted molar refractivity (Wildman–Crippen MR) is 81.9 cm³/mol. The minimum atomic E-state index is -1.60. The molecule has 128 valence electrons. The van der Waals surface area contributed by atoms with Crippen LogP contribution in [0.5, 0.6) is 0 Å². The summed E-state index contributed by atoms with van der Waals surface area (Å²) in [4.78, 5) is 12.6. The maximum Gasteiger partial charge on any atom is 0.249 e. The summed E-state index contributed by atoms with van der Waals surface area (Å²) in [6.07, 6.45) is 1.52. The van der Waals surface area contributed by atoms with Gasteiger partial charge in [0, 0.05) is 24.2 Å². The largest absolute Gasteiger partial charge is 0.324 e. The molecule has 0 aliphatic rings. The van der Waals surface area contributed by atoms with Crippen LogP contribution in [0.2, 0.25) is 0 Å². The monoisotopic (exact) mass is 347 g/mol. The summed E-state index contributed by atoms with van der Waals surface area (Å²) in [5.41, 5.74) is 0.641. The Hall–Kier alpha value is -3.23. The van der Waals surface area contributed by atoms with Crippen molar-refractivity contribution < 1.29 is 18.0 Å². The third-order valence-corrected chi connectivity index (χ3v) is 3.51. The number of carbonyl (C=O) groups excluding carboxylic acids is 1. The number of tetrazole rings is 1. The second-order valence-electron chi connectivity index (χ2n) is 5.24. The zero-order valence-corrected chi connectivity index (χ0v) is 12.7. The SMILES string of the molecule is O=C(Nc1cc(F)c(F)c(F)c1)C(Cc1ccccc1)n1cnnn1. The number of hydrogen-bond acceptors (Lipinski definition) is 4. The van der Waals surface area contributed by atoms with Gasteiger partial charge >= 0.3 is 0 Å². The molecular weight excluding hydrogens is 335 g/mol. The molecule has 1 amide bonds. The van der Waals surface area contributed by atoms with E-state index in [9.17, 15) is 18.0 Å². The molecule has 0 aliphatic carbocycles. The Morgan fingerprint density at radius 1 is 1.12 bits per heavy atom. The summed E-state index contributed by atoms with van der Waals surface area (Å²) in [6, 6.07) is 9.66. The van der Waals surface area contributed by atoms with E-state index in [1.165, 1.54) is 11.0 Å². The van der Waals surface area contributed by atoms with Crippen LogP contribution < -0.4 is 5.32 Å². The van der Waals surface area contributed by atoms with E-state index in [1.807, 2.05) is 30.3 Å². The minimum Gasteiger partial charge on any atom is -0.324 e. The quantitative estimate of drug-likeness (QED) is 0.720. The zero-order chi connectivity index (χ0) is 17.8. The Kier molecular flexibility index (Phi) is 4.73. The molecule has 0 saturated heterocycles. The summed E-state index contributed by atoms with van der Waals surface area (Å²) in [5, 5.41) is 13.1. The fourth-order valence-electron chi connectivity index (χ4n) is 2.31. The third-order valence-electron chi connectivity index (χ3n) is 3.51. The lowest BCUT2D eigenvalue weighted by Gasteiger charge is -2.16. The maximum atomic E-state index is 13.3. The van der Waals surface area contributed by atoms with Crippen LogP contribution in [0.1, 0.15) is 11.6 Å².